The van der Waals surface area contributed by atoms with Crippen LogP contribution in [-0.2, 0) is 6.54 Å². The van der Waals surface area contributed by atoms with Crippen molar-refractivity contribution < 1.29 is 0 Å². The Bertz CT molecular complexity index is 564. The van der Waals surface area contributed by atoms with Gasteiger partial charge in [-0.05, 0) is 50.6 Å². The van der Waals surface area contributed by atoms with Gasteiger partial charge in [0.25, 0.3) is 0 Å². The van der Waals surface area contributed by atoms with Crippen molar-refractivity contribution in [3.05, 3.63) is 53.2 Å². The molecule has 0 radical (unpaired) electrons. The quantitative estimate of drug-likeness (QED) is 0.880. The Kier molecular flexibility index (Phi) is 5.08. The van der Waals surface area contributed by atoms with E-state index in [-0.39, 0.29) is 5.54 Å². The average Bonchev–Trinajstić information content (AvgIpc) is 2.38. The second-order valence-electron chi connectivity index (χ2n) is 5.59. The summed E-state index contributed by atoms with van der Waals surface area (Å²) in [7, 11) is 0. The van der Waals surface area contributed by atoms with Crippen LogP contribution in [-0.4, -0.2) is 10.5 Å². The Morgan fingerprint density at radius 2 is 1.95 bits per heavy atom. The van der Waals surface area contributed by atoms with E-state index in [0.29, 0.717) is 0 Å². The number of benzene rings is 1. The van der Waals surface area contributed by atoms with Gasteiger partial charge in [0.05, 0.1) is 0 Å². The van der Waals surface area contributed by atoms with Crippen LogP contribution in [0.3, 0.4) is 0 Å². The number of nitrogens with zero attached hydrogens (tertiary/aromatic N) is 1. The molecule has 4 heteroatoms. The summed E-state index contributed by atoms with van der Waals surface area (Å²) in [6.45, 7) is 7.19. The first-order valence-corrected chi connectivity index (χ1v) is 7.76. The van der Waals surface area contributed by atoms with Crippen molar-refractivity contribution >= 4 is 23.4 Å². The largest absolute Gasteiger partial charge is 0.308 e. The Balaban J connectivity index is 2.22. The minimum absolute atomic E-state index is 0.0616. The number of pyridine rings is 1. The molecule has 0 bridgehead atoms. The Morgan fingerprint density at radius 3 is 2.60 bits per heavy atom. The van der Waals surface area contributed by atoms with E-state index in [4.69, 9.17) is 11.6 Å². The molecule has 2 rings (SSSR count). The molecule has 1 heterocycles. The minimum Gasteiger partial charge on any atom is -0.308 e. The topological polar surface area (TPSA) is 24.9 Å². The van der Waals surface area contributed by atoms with E-state index in [0.717, 1.165) is 27.1 Å². The number of nitrogens with one attached hydrogen (secondary N) is 1. The van der Waals surface area contributed by atoms with Crippen LogP contribution in [0.25, 0.3) is 0 Å². The molecule has 0 fully saturated rings. The highest BCUT2D eigenvalue weighted by molar-refractivity contribution is 7.99. The zero-order valence-electron chi connectivity index (χ0n) is 12.0. The molecule has 0 aliphatic heterocycles. The lowest BCUT2D eigenvalue weighted by atomic mass is 10.1. The fourth-order valence-corrected chi connectivity index (χ4v) is 2.91. The number of aromatic nitrogens is 1. The summed E-state index contributed by atoms with van der Waals surface area (Å²) in [5, 5.41) is 5.26. The summed E-state index contributed by atoms with van der Waals surface area (Å²) in [4.78, 5) is 5.50. The van der Waals surface area contributed by atoms with E-state index in [9.17, 15) is 0 Å². The molecule has 2 nitrogen and oxygen atoms in total. The third-order valence-electron chi connectivity index (χ3n) is 2.72. The lowest BCUT2D eigenvalue weighted by Crippen LogP contribution is -2.35. The van der Waals surface area contributed by atoms with Gasteiger partial charge in [-0.2, -0.15) is 0 Å². The van der Waals surface area contributed by atoms with E-state index >= 15 is 0 Å². The molecule has 0 unspecified atom stereocenters. The zero-order valence-corrected chi connectivity index (χ0v) is 13.6. The number of hydrogen-bond acceptors (Lipinski definition) is 3. The number of rotatable bonds is 4. The van der Waals surface area contributed by atoms with Gasteiger partial charge in [0.1, 0.15) is 5.03 Å². The van der Waals surface area contributed by atoms with Crippen LogP contribution in [0.15, 0.2) is 52.5 Å². The van der Waals surface area contributed by atoms with Crippen molar-refractivity contribution in [1.82, 2.24) is 10.3 Å². The van der Waals surface area contributed by atoms with Crippen molar-refractivity contribution in [3.8, 4) is 0 Å². The van der Waals surface area contributed by atoms with Crippen LogP contribution < -0.4 is 5.32 Å². The van der Waals surface area contributed by atoms with Gasteiger partial charge in [-0.1, -0.05) is 35.5 Å². The molecule has 20 heavy (non-hydrogen) atoms. The SMILES string of the molecule is CC(C)(C)NCc1c(Cl)cccc1Sc1ccccn1. The maximum Gasteiger partial charge on any atom is 0.101 e. The van der Waals surface area contributed by atoms with Gasteiger partial charge in [-0.25, -0.2) is 4.98 Å². The molecule has 0 saturated heterocycles. The molecule has 0 aliphatic rings. The highest BCUT2D eigenvalue weighted by Gasteiger charge is 2.13. The van der Waals surface area contributed by atoms with Crippen molar-refractivity contribution in [3.63, 3.8) is 0 Å². The Labute approximate surface area is 130 Å². The van der Waals surface area contributed by atoms with Crippen molar-refractivity contribution in [2.75, 3.05) is 0 Å². The first-order valence-electron chi connectivity index (χ1n) is 6.57. The monoisotopic (exact) mass is 306 g/mol. The van der Waals surface area contributed by atoms with Gasteiger partial charge in [0.2, 0.25) is 0 Å². The summed E-state index contributed by atoms with van der Waals surface area (Å²) in [5.41, 5.74) is 1.19. The lowest BCUT2D eigenvalue weighted by Gasteiger charge is -2.22. The molecule has 1 N–H and O–H groups in total. The molecule has 1 aromatic carbocycles. The molecule has 1 aromatic heterocycles. The third-order valence-corrected chi connectivity index (χ3v) is 4.13. The minimum atomic E-state index is 0.0616. The smallest absolute Gasteiger partial charge is 0.101 e. The molecule has 0 atom stereocenters. The van der Waals surface area contributed by atoms with Crippen molar-refractivity contribution in [1.29, 1.82) is 0 Å². The predicted octanol–water partition coefficient (Wildman–Crippen LogP) is 4.77. The van der Waals surface area contributed by atoms with E-state index in [1.54, 1.807) is 18.0 Å². The van der Waals surface area contributed by atoms with Gasteiger partial charge >= 0.3 is 0 Å². The Morgan fingerprint density at radius 1 is 1.15 bits per heavy atom. The van der Waals surface area contributed by atoms with Gasteiger partial charge in [0.15, 0.2) is 0 Å². The summed E-state index contributed by atoms with van der Waals surface area (Å²) in [6, 6.07) is 11.9. The van der Waals surface area contributed by atoms with E-state index in [2.05, 4.69) is 37.1 Å². The maximum atomic E-state index is 6.35. The van der Waals surface area contributed by atoms with Gasteiger partial charge in [-0.15, -0.1) is 0 Å². The summed E-state index contributed by atoms with van der Waals surface area (Å²) >= 11 is 7.99. The molecule has 0 amide bonds. The normalized spacial score (nSPS) is 11.6. The first-order chi connectivity index (χ1) is 9.46. The van der Waals surface area contributed by atoms with Crippen molar-refractivity contribution in [2.24, 2.45) is 0 Å². The number of halogens is 1. The van der Waals surface area contributed by atoms with Crippen LogP contribution in [0.2, 0.25) is 5.02 Å². The van der Waals surface area contributed by atoms with Gasteiger partial charge in [0, 0.05) is 28.2 Å². The second kappa shape index (κ2) is 6.61. The summed E-state index contributed by atoms with van der Waals surface area (Å²) < 4.78 is 0. The fraction of sp³-hybridized carbons (Fsp3) is 0.312. The van der Waals surface area contributed by atoms with E-state index in [1.165, 1.54) is 0 Å². The third kappa shape index (κ3) is 4.51. The number of hydrogen-bond donors (Lipinski definition) is 1. The van der Waals surface area contributed by atoms with Crippen LogP contribution in [0.4, 0.5) is 0 Å². The van der Waals surface area contributed by atoms with Crippen LogP contribution in [0.5, 0.6) is 0 Å². The van der Waals surface area contributed by atoms with Crippen LogP contribution >= 0.6 is 23.4 Å². The predicted molar refractivity (Wildman–Crippen MR) is 86.4 cm³/mol. The highest BCUT2D eigenvalue weighted by Crippen LogP contribution is 2.32. The molecule has 0 aliphatic carbocycles. The van der Waals surface area contributed by atoms with Crippen molar-refractivity contribution in [2.45, 2.75) is 42.8 Å². The van der Waals surface area contributed by atoms with Crippen LogP contribution in [0, 0.1) is 0 Å². The second-order valence-corrected chi connectivity index (χ2v) is 7.06. The average molecular weight is 307 g/mol. The Hall–Kier alpha value is -1.03. The fourth-order valence-electron chi connectivity index (χ4n) is 1.68. The van der Waals surface area contributed by atoms with Gasteiger partial charge < -0.3 is 5.32 Å². The maximum absolute atomic E-state index is 6.35. The standard InChI is InChI=1S/C16H19ClN2S/c1-16(2,3)19-11-12-13(17)7-6-8-14(12)20-15-9-4-5-10-18-15/h4-10,19H,11H2,1-3H3. The highest BCUT2D eigenvalue weighted by atomic mass is 35.5. The van der Waals surface area contributed by atoms with Gasteiger partial charge in [-0.3, -0.25) is 0 Å². The zero-order chi connectivity index (χ0) is 14.6. The molecule has 106 valence electrons. The lowest BCUT2D eigenvalue weighted by molar-refractivity contribution is 0.422. The molecular weight excluding hydrogens is 288 g/mol. The summed E-state index contributed by atoms with van der Waals surface area (Å²) in [5.74, 6) is 0. The van der Waals surface area contributed by atoms with E-state index in [1.807, 2.05) is 30.3 Å². The first kappa shape index (κ1) is 15.4. The summed E-state index contributed by atoms with van der Waals surface area (Å²) in [6.07, 6.45) is 1.81. The van der Waals surface area contributed by atoms with Crippen LogP contribution in [0.1, 0.15) is 26.3 Å². The molecule has 2 aromatic rings. The molecule has 0 spiro atoms. The molecular formula is C16H19ClN2S. The van der Waals surface area contributed by atoms with E-state index < -0.39 is 0 Å². The molecule has 0 saturated carbocycles.